The molecule has 8 nitrogen and oxygen atoms in total. The number of aryl methyl sites for hydroxylation is 1. The average Bonchev–Trinajstić information content (AvgIpc) is 2.67. The maximum absolute atomic E-state index is 13.3. The van der Waals surface area contributed by atoms with Gasteiger partial charge >= 0.3 is 0 Å². The molecule has 8 heteroatoms. The second kappa shape index (κ2) is 7.56. The number of rotatable bonds is 5. The van der Waals surface area contributed by atoms with E-state index in [9.17, 15) is 20.2 Å². The zero-order chi connectivity index (χ0) is 20.4. The van der Waals surface area contributed by atoms with Gasteiger partial charge in [-0.3, -0.25) is 14.9 Å². The minimum Gasteiger partial charge on any atom is -0.440 e. The van der Waals surface area contributed by atoms with Crippen LogP contribution >= 0.6 is 0 Å². The van der Waals surface area contributed by atoms with Gasteiger partial charge in [0.15, 0.2) is 0 Å². The third kappa shape index (κ3) is 3.11. The third-order valence-corrected chi connectivity index (χ3v) is 4.83. The van der Waals surface area contributed by atoms with Gasteiger partial charge in [-0.2, -0.15) is 5.26 Å². The second-order valence-electron chi connectivity index (χ2n) is 6.49. The number of nitrogens with two attached hydrogens (primary N) is 1. The summed E-state index contributed by atoms with van der Waals surface area (Å²) in [5, 5.41) is 20.6. The van der Waals surface area contributed by atoms with Crippen LogP contribution in [0.4, 0.5) is 5.69 Å². The van der Waals surface area contributed by atoms with Crippen LogP contribution in [-0.4, -0.2) is 9.49 Å². The summed E-state index contributed by atoms with van der Waals surface area (Å²) in [7, 11) is 0. The third-order valence-electron chi connectivity index (χ3n) is 4.83. The SMILES string of the molecule is CCCc1cc2c(c(=O)n1CC)C(c1ccc([N+](=O)[O-])cc1)C(C#N)=C(N)O2. The molecule has 0 amide bonds. The normalized spacial score (nSPS) is 15.5. The Labute approximate surface area is 161 Å². The van der Waals surface area contributed by atoms with Crippen molar-refractivity contribution >= 4 is 5.69 Å². The molecule has 1 aromatic heterocycles. The summed E-state index contributed by atoms with van der Waals surface area (Å²) >= 11 is 0. The zero-order valence-corrected chi connectivity index (χ0v) is 15.6. The maximum atomic E-state index is 13.3. The van der Waals surface area contributed by atoms with E-state index >= 15 is 0 Å². The van der Waals surface area contributed by atoms with Gasteiger partial charge in [0.1, 0.15) is 17.4 Å². The molecule has 0 saturated carbocycles. The van der Waals surface area contributed by atoms with E-state index in [0.29, 0.717) is 29.8 Å². The number of pyridine rings is 1. The van der Waals surface area contributed by atoms with Crippen LogP contribution < -0.4 is 16.0 Å². The van der Waals surface area contributed by atoms with Crippen LogP contribution in [0.3, 0.4) is 0 Å². The molecule has 1 unspecified atom stereocenters. The number of aromatic nitrogens is 1. The molecule has 2 N–H and O–H groups in total. The fraction of sp³-hybridized carbons (Fsp3) is 0.300. The second-order valence-corrected chi connectivity index (χ2v) is 6.49. The topological polar surface area (TPSA) is 124 Å². The first-order valence-corrected chi connectivity index (χ1v) is 9.01. The van der Waals surface area contributed by atoms with E-state index in [1.807, 2.05) is 19.9 Å². The Morgan fingerprint density at radius 3 is 2.54 bits per heavy atom. The predicted octanol–water partition coefficient (Wildman–Crippen LogP) is 2.95. The standard InChI is InChI=1S/C20H20N4O4/c1-3-5-14-10-16-18(20(25)23(14)4-2)17(15(11-21)19(22)28-16)12-6-8-13(9-7-12)24(26)27/h6-10,17H,3-5,22H2,1-2H3. The Bertz CT molecular complexity index is 1060. The highest BCUT2D eigenvalue weighted by Gasteiger charge is 2.34. The van der Waals surface area contributed by atoms with E-state index in [0.717, 1.165) is 12.1 Å². The monoisotopic (exact) mass is 380 g/mol. The van der Waals surface area contributed by atoms with Crippen molar-refractivity contribution in [2.24, 2.45) is 5.73 Å². The number of nitro groups is 1. The van der Waals surface area contributed by atoms with Crippen LogP contribution in [0, 0.1) is 21.4 Å². The van der Waals surface area contributed by atoms with Crippen LogP contribution in [0.1, 0.15) is 43.0 Å². The van der Waals surface area contributed by atoms with Crippen molar-refractivity contribution < 1.29 is 9.66 Å². The van der Waals surface area contributed by atoms with Crippen molar-refractivity contribution in [3.8, 4) is 11.8 Å². The van der Waals surface area contributed by atoms with Crippen molar-refractivity contribution in [3.63, 3.8) is 0 Å². The van der Waals surface area contributed by atoms with E-state index in [1.54, 1.807) is 10.6 Å². The van der Waals surface area contributed by atoms with Gasteiger partial charge in [0.2, 0.25) is 5.88 Å². The van der Waals surface area contributed by atoms with Gasteiger partial charge in [0.25, 0.3) is 11.2 Å². The predicted molar refractivity (Wildman–Crippen MR) is 103 cm³/mol. The Balaban J connectivity index is 2.27. The Kier molecular flexibility index (Phi) is 5.18. The number of allylic oxidation sites excluding steroid dienone is 1. The zero-order valence-electron chi connectivity index (χ0n) is 15.6. The molecule has 144 valence electrons. The molecule has 28 heavy (non-hydrogen) atoms. The van der Waals surface area contributed by atoms with Crippen LogP contribution in [0.25, 0.3) is 0 Å². The lowest BCUT2D eigenvalue weighted by molar-refractivity contribution is -0.384. The number of nitro benzene ring substituents is 1. The van der Waals surface area contributed by atoms with E-state index in [4.69, 9.17) is 10.5 Å². The molecule has 0 bridgehead atoms. The molecule has 1 aromatic carbocycles. The van der Waals surface area contributed by atoms with E-state index in [-0.39, 0.29) is 22.7 Å². The summed E-state index contributed by atoms with van der Waals surface area (Å²) in [6.45, 7) is 4.38. The molecule has 1 atom stereocenters. The van der Waals surface area contributed by atoms with Gasteiger partial charge in [-0.15, -0.1) is 0 Å². The van der Waals surface area contributed by atoms with Crippen molar-refractivity contribution in [1.82, 2.24) is 4.57 Å². The molecule has 3 rings (SSSR count). The molecule has 2 heterocycles. The van der Waals surface area contributed by atoms with Gasteiger partial charge in [-0.25, -0.2) is 0 Å². The smallest absolute Gasteiger partial charge is 0.269 e. The van der Waals surface area contributed by atoms with Crippen molar-refractivity contribution in [1.29, 1.82) is 5.26 Å². The largest absolute Gasteiger partial charge is 0.440 e. The van der Waals surface area contributed by atoms with Crippen LogP contribution in [0.2, 0.25) is 0 Å². The summed E-state index contributed by atoms with van der Waals surface area (Å²) < 4.78 is 7.30. The number of hydrogen-bond donors (Lipinski definition) is 1. The summed E-state index contributed by atoms with van der Waals surface area (Å²) in [5.41, 5.74) is 7.50. The van der Waals surface area contributed by atoms with E-state index < -0.39 is 10.8 Å². The minimum atomic E-state index is -0.740. The van der Waals surface area contributed by atoms with Crippen molar-refractivity contribution in [3.05, 3.63) is 79.1 Å². The summed E-state index contributed by atoms with van der Waals surface area (Å²) in [4.78, 5) is 23.7. The highest BCUT2D eigenvalue weighted by Crippen LogP contribution is 2.40. The number of ether oxygens (including phenoxy) is 1. The summed E-state index contributed by atoms with van der Waals surface area (Å²) in [5.74, 6) is -0.469. The summed E-state index contributed by atoms with van der Waals surface area (Å²) in [6, 6.07) is 9.60. The van der Waals surface area contributed by atoms with E-state index in [2.05, 4.69) is 0 Å². The molecule has 1 aliphatic heterocycles. The molecule has 2 aromatic rings. The Hall–Kier alpha value is -3.60. The van der Waals surface area contributed by atoms with Gasteiger partial charge < -0.3 is 15.0 Å². The highest BCUT2D eigenvalue weighted by molar-refractivity contribution is 5.56. The van der Waals surface area contributed by atoms with Crippen molar-refractivity contribution in [2.75, 3.05) is 0 Å². The number of nitrogens with zero attached hydrogens (tertiary/aromatic N) is 3. The lowest BCUT2D eigenvalue weighted by Crippen LogP contribution is -2.33. The first-order valence-electron chi connectivity index (χ1n) is 9.01. The average molecular weight is 380 g/mol. The molecule has 0 saturated heterocycles. The molecule has 0 aliphatic carbocycles. The minimum absolute atomic E-state index is 0.0607. The maximum Gasteiger partial charge on any atom is 0.269 e. The van der Waals surface area contributed by atoms with Gasteiger partial charge in [-0.05, 0) is 18.9 Å². The fourth-order valence-electron chi connectivity index (χ4n) is 3.55. The van der Waals surface area contributed by atoms with Crippen molar-refractivity contribution in [2.45, 2.75) is 39.2 Å². The number of fused-ring (bicyclic) bond motifs is 1. The van der Waals surface area contributed by atoms with Crippen LogP contribution in [0.5, 0.6) is 5.75 Å². The molecule has 0 spiro atoms. The van der Waals surface area contributed by atoms with Crippen LogP contribution in [0.15, 0.2) is 46.6 Å². The van der Waals surface area contributed by atoms with Gasteiger partial charge in [0, 0.05) is 30.4 Å². The first-order chi connectivity index (χ1) is 13.4. The molecule has 0 radical (unpaired) electrons. The fourth-order valence-corrected chi connectivity index (χ4v) is 3.55. The molecule has 0 fully saturated rings. The number of nitriles is 1. The lowest BCUT2D eigenvalue weighted by Gasteiger charge is -2.27. The summed E-state index contributed by atoms with van der Waals surface area (Å²) in [6.07, 6.45) is 1.56. The number of benzene rings is 1. The van der Waals surface area contributed by atoms with Gasteiger partial charge in [0.05, 0.1) is 16.4 Å². The Morgan fingerprint density at radius 2 is 2.00 bits per heavy atom. The quantitative estimate of drug-likeness (QED) is 0.628. The van der Waals surface area contributed by atoms with Crippen LogP contribution in [-0.2, 0) is 13.0 Å². The lowest BCUT2D eigenvalue weighted by atomic mass is 9.84. The molecule has 1 aliphatic rings. The molecular formula is C20H20N4O4. The highest BCUT2D eigenvalue weighted by atomic mass is 16.6. The number of non-ortho nitro benzene ring substituents is 1. The Morgan fingerprint density at radius 1 is 1.32 bits per heavy atom. The van der Waals surface area contributed by atoms with E-state index in [1.165, 1.54) is 24.3 Å². The van der Waals surface area contributed by atoms with Gasteiger partial charge in [-0.1, -0.05) is 25.5 Å². The first kappa shape index (κ1) is 19.2. The molecular weight excluding hydrogens is 360 g/mol. The number of hydrogen-bond acceptors (Lipinski definition) is 6.